The van der Waals surface area contributed by atoms with Crippen LogP contribution in [0.5, 0.6) is 11.5 Å². The molecule has 0 aliphatic rings. The third-order valence-electron chi connectivity index (χ3n) is 7.84. The van der Waals surface area contributed by atoms with Crippen LogP contribution >= 0.6 is 20.8 Å². The average molecular weight is 702 g/mol. The number of hydrogen-bond acceptors (Lipinski definition) is 6. The van der Waals surface area contributed by atoms with Gasteiger partial charge in [-0.3, -0.25) is 0 Å². The molecular formula is C36H30BrO6PS. The van der Waals surface area contributed by atoms with Crippen LogP contribution in [0.3, 0.4) is 0 Å². The van der Waals surface area contributed by atoms with E-state index in [1.807, 2.05) is 30.3 Å². The Kier molecular flexibility index (Phi) is 8.65. The van der Waals surface area contributed by atoms with E-state index in [0.29, 0.717) is 5.39 Å². The van der Waals surface area contributed by atoms with Gasteiger partial charge in [0, 0.05) is 11.5 Å². The number of fused-ring (bicyclic) bond motifs is 1. The van der Waals surface area contributed by atoms with E-state index >= 15 is 0 Å². The second-order valence-corrected chi connectivity index (χ2v) is 20.9. The number of halogens is 1. The normalized spacial score (nSPS) is 12.7. The predicted octanol–water partition coefficient (Wildman–Crippen LogP) is 7.27. The van der Waals surface area contributed by atoms with Gasteiger partial charge in [0.2, 0.25) is 0 Å². The first-order valence-corrected chi connectivity index (χ1v) is 20.2. The van der Waals surface area contributed by atoms with Crippen LogP contribution in [-0.2, 0) is 16.8 Å². The molecule has 0 N–H and O–H groups in total. The van der Waals surface area contributed by atoms with Crippen molar-refractivity contribution in [3.63, 3.8) is 0 Å². The molecule has 1 aromatic heterocycles. The molecule has 6 rings (SSSR count). The van der Waals surface area contributed by atoms with E-state index in [-0.39, 0.29) is 17.1 Å². The van der Waals surface area contributed by atoms with E-state index in [4.69, 9.17) is 12.8 Å². The molecule has 5 aromatic carbocycles. The number of aryl methyl sites for hydroxylation is 1. The molecule has 6 aromatic rings. The molecule has 0 radical (unpaired) electrons. The Bertz CT molecular complexity index is 1990. The standard InChI is InChI=1S/C36H30BrO6PS/c37-44(32-12-4-1-5-13-32,33-14-6-2-7-15-33,34-16-8-3-9-17-34)26-10-11-28-18-22-30(23-19-28)42-45(39,40)43-31-24-20-29-21-25-36(38)41-35(29)27-31/h1-9,12-25,27H,10-11,26H2. The molecule has 228 valence electrons. The Hall–Kier alpha value is -4.23. The van der Waals surface area contributed by atoms with Gasteiger partial charge in [0.1, 0.15) is 5.58 Å². The molecule has 9 heteroatoms. The van der Waals surface area contributed by atoms with Crippen molar-refractivity contribution in [1.29, 1.82) is 0 Å². The van der Waals surface area contributed by atoms with Gasteiger partial charge in [-0.2, -0.15) is 0 Å². The van der Waals surface area contributed by atoms with E-state index in [1.165, 1.54) is 34.1 Å². The fraction of sp³-hybridized carbons (Fsp3) is 0.0833. The van der Waals surface area contributed by atoms with Crippen molar-refractivity contribution in [2.24, 2.45) is 0 Å². The Morgan fingerprint density at radius 3 is 1.67 bits per heavy atom. The summed E-state index contributed by atoms with van der Waals surface area (Å²) in [5.74, 6) is 0.101. The molecule has 0 aliphatic carbocycles. The second-order valence-electron chi connectivity index (χ2n) is 10.7. The Morgan fingerprint density at radius 2 is 1.11 bits per heavy atom. The van der Waals surface area contributed by atoms with Crippen LogP contribution in [0.15, 0.2) is 155 Å². The summed E-state index contributed by atoms with van der Waals surface area (Å²) in [6.07, 6.45) is 2.54. The molecule has 0 unspecified atom stereocenters. The van der Waals surface area contributed by atoms with Crippen LogP contribution in [-0.4, -0.2) is 14.6 Å². The van der Waals surface area contributed by atoms with Crippen LogP contribution in [0.2, 0.25) is 0 Å². The summed E-state index contributed by atoms with van der Waals surface area (Å²) in [7, 11) is -4.44. The molecule has 0 fully saturated rings. The van der Waals surface area contributed by atoms with Crippen LogP contribution < -0.4 is 29.9 Å². The molecule has 0 atom stereocenters. The molecule has 1 heterocycles. The summed E-state index contributed by atoms with van der Waals surface area (Å²) in [6, 6.07) is 46.3. The zero-order valence-corrected chi connectivity index (χ0v) is 27.5. The average Bonchev–Trinajstić information content (AvgIpc) is 3.06. The van der Waals surface area contributed by atoms with Gasteiger partial charge < -0.3 is 4.42 Å². The fourth-order valence-corrected chi connectivity index (χ4v) is 14.1. The van der Waals surface area contributed by atoms with Crippen molar-refractivity contribution in [3.05, 3.63) is 162 Å². The summed E-state index contributed by atoms with van der Waals surface area (Å²) in [4.78, 5) is 11.5. The Labute approximate surface area is 270 Å². The first-order valence-electron chi connectivity index (χ1n) is 14.4. The van der Waals surface area contributed by atoms with Crippen molar-refractivity contribution >= 4 is 58.1 Å². The zero-order chi connectivity index (χ0) is 31.4. The quantitative estimate of drug-likeness (QED) is 0.105. The Balaban J connectivity index is 1.20. The molecule has 0 spiro atoms. The molecule has 0 aliphatic heterocycles. The van der Waals surface area contributed by atoms with Gasteiger partial charge in [0.25, 0.3) is 0 Å². The second kappa shape index (κ2) is 12.6. The Morgan fingerprint density at radius 1 is 0.622 bits per heavy atom. The topological polar surface area (TPSA) is 82.8 Å². The predicted molar refractivity (Wildman–Crippen MR) is 186 cm³/mol. The zero-order valence-electron chi connectivity index (χ0n) is 24.2. The van der Waals surface area contributed by atoms with Gasteiger partial charge in [-0.25, -0.2) is 4.79 Å². The van der Waals surface area contributed by atoms with Crippen molar-refractivity contribution in [2.75, 3.05) is 6.16 Å². The molecule has 0 saturated heterocycles. The third-order valence-corrected chi connectivity index (χ3v) is 18.7. The van der Waals surface area contributed by atoms with E-state index in [1.54, 1.807) is 24.3 Å². The first kappa shape index (κ1) is 30.8. The maximum atomic E-state index is 12.6. The molecule has 6 nitrogen and oxygen atoms in total. The minimum absolute atomic E-state index is 0.0279. The van der Waals surface area contributed by atoms with Gasteiger partial charge in [0.05, 0.1) is 0 Å². The van der Waals surface area contributed by atoms with Crippen molar-refractivity contribution in [2.45, 2.75) is 12.8 Å². The van der Waals surface area contributed by atoms with Crippen LogP contribution in [0.1, 0.15) is 12.0 Å². The van der Waals surface area contributed by atoms with Gasteiger partial charge in [-0.15, -0.1) is 0 Å². The number of hydrogen-bond donors (Lipinski definition) is 0. The summed E-state index contributed by atoms with van der Waals surface area (Å²) < 4.78 is 40.7. The minimum Gasteiger partial charge on any atom is -0.423 e. The molecule has 0 saturated carbocycles. The number of benzene rings is 5. The van der Waals surface area contributed by atoms with Gasteiger partial charge in [-0.1, -0.05) is 0 Å². The summed E-state index contributed by atoms with van der Waals surface area (Å²) in [6.45, 7) is 0. The SMILES string of the molecule is O=c1ccc2ccc(OS(=O)(=O)Oc3ccc(CCCP(Br)(c4ccccc4)(c4ccccc4)c4ccccc4)cc3)cc2o1. The van der Waals surface area contributed by atoms with E-state index in [9.17, 15) is 13.2 Å². The minimum atomic E-state index is -4.44. The van der Waals surface area contributed by atoms with Crippen LogP contribution in [0.25, 0.3) is 11.0 Å². The van der Waals surface area contributed by atoms with Crippen molar-refractivity contribution < 1.29 is 21.2 Å². The maximum absolute atomic E-state index is 12.6. The first-order chi connectivity index (χ1) is 21.7. The van der Waals surface area contributed by atoms with Gasteiger partial charge >= 0.3 is 233 Å². The smallest absolute Gasteiger partial charge is 0.423 e. The molecular weight excluding hydrogens is 671 g/mol. The molecule has 45 heavy (non-hydrogen) atoms. The van der Waals surface area contributed by atoms with Gasteiger partial charge in [-0.05, 0) is 12.1 Å². The van der Waals surface area contributed by atoms with E-state index in [0.717, 1.165) is 24.6 Å². The van der Waals surface area contributed by atoms with E-state index in [2.05, 4.69) is 88.3 Å². The summed E-state index contributed by atoms with van der Waals surface area (Å²) in [5, 5.41) is 1.41. The van der Waals surface area contributed by atoms with Crippen LogP contribution in [0, 0.1) is 0 Å². The van der Waals surface area contributed by atoms with E-state index < -0.39 is 21.3 Å². The van der Waals surface area contributed by atoms with Crippen molar-refractivity contribution in [1.82, 2.24) is 0 Å². The van der Waals surface area contributed by atoms with Crippen molar-refractivity contribution in [3.8, 4) is 11.5 Å². The monoisotopic (exact) mass is 700 g/mol. The third kappa shape index (κ3) is 6.45. The summed E-state index contributed by atoms with van der Waals surface area (Å²) >= 11 is 4.49. The fourth-order valence-electron chi connectivity index (χ4n) is 5.69. The molecule has 0 bridgehead atoms. The number of rotatable bonds is 11. The molecule has 0 amide bonds. The summed E-state index contributed by atoms with van der Waals surface area (Å²) in [5.41, 5.74) is 0.721. The van der Waals surface area contributed by atoms with Gasteiger partial charge in [0.15, 0.2) is 0 Å². The van der Waals surface area contributed by atoms with Crippen LogP contribution in [0.4, 0.5) is 0 Å².